The molecule has 0 saturated carbocycles. The lowest BCUT2D eigenvalue weighted by atomic mass is 9.76. The summed E-state index contributed by atoms with van der Waals surface area (Å²) in [4.78, 5) is 0. The average molecular weight is 274 g/mol. The van der Waals surface area contributed by atoms with Gasteiger partial charge in [-0.3, -0.25) is 0 Å². The molecule has 0 fully saturated rings. The number of nitrogens with zero attached hydrogens (tertiary/aromatic N) is 1. The zero-order chi connectivity index (χ0) is 16.3. The molecule has 3 rings (SSSR count). The van der Waals surface area contributed by atoms with Crippen molar-refractivity contribution in [1.29, 1.82) is 0 Å². The van der Waals surface area contributed by atoms with Gasteiger partial charge >= 0.3 is 5.90 Å². The van der Waals surface area contributed by atoms with Gasteiger partial charge in [-0.15, -0.1) is 0 Å². The van der Waals surface area contributed by atoms with Gasteiger partial charge in [0.25, 0.3) is 0 Å². The van der Waals surface area contributed by atoms with Crippen LogP contribution in [-0.4, -0.2) is 28.2 Å². The first-order valence-electron chi connectivity index (χ1n) is 8.62. The summed E-state index contributed by atoms with van der Waals surface area (Å²) in [6.07, 6.45) is -0.823. The molecule has 0 N–H and O–H groups in total. The van der Waals surface area contributed by atoms with E-state index >= 15 is 0 Å². The van der Waals surface area contributed by atoms with Crippen LogP contribution in [0.3, 0.4) is 0 Å². The zero-order valence-corrected chi connectivity index (χ0v) is 13.1. The van der Waals surface area contributed by atoms with Crippen LogP contribution >= 0.6 is 0 Å². The molecule has 0 spiro atoms. The monoisotopic (exact) mass is 274 g/mol. The summed E-state index contributed by atoms with van der Waals surface area (Å²) in [5, 5.41) is 0. The molecule has 1 unspecified atom stereocenters. The average Bonchev–Trinajstić information content (AvgIpc) is 2.74. The van der Waals surface area contributed by atoms with Gasteiger partial charge in [0.2, 0.25) is 5.54 Å². The number of rotatable bonds is 2. The molecule has 0 amide bonds. The van der Waals surface area contributed by atoms with E-state index in [-0.39, 0.29) is 18.1 Å². The SMILES string of the molecule is [2H]C1([2H])c2ccccc2C[C@H]2OC(C(C)C)=[N+](C(C)C)C21C. The Bertz CT molecular complexity index is 636. The zero-order valence-electron chi connectivity index (χ0n) is 15.1. The van der Waals surface area contributed by atoms with Crippen LogP contribution in [-0.2, 0) is 17.5 Å². The lowest BCUT2D eigenvalue weighted by Gasteiger charge is -2.33. The highest BCUT2D eigenvalue weighted by atomic mass is 16.5. The van der Waals surface area contributed by atoms with Crippen LogP contribution in [0.5, 0.6) is 0 Å². The Morgan fingerprint density at radius 2 is 1.90 bits per heavy atom. The highest BCUT2D eigenvalue weighted by molar-refractivity contribution is 5.75. The molecule has 2 nitrogen and oxygen atoms in total. The highest BCUT2D eigenvalue weighted by Gasteiger charge is 2.57. The first kappa shape index (κ1) is 11.4. The number of hydrogen-bond acceptors (Lipinski definition) is 1. The Morgan fingerprint density at radius 1 is 1.25 bits per heavy atom. The summed E-state index contributed by atoms with van der Waals surface area (Å²) in [6, 6.07) is 8.09. The van der Waals surface area contributed by atoms with Crippen molar-refractivity contribution in [2.75, 3.05) is 0 Å². The molecule has 2 aliphatic rings. The van der Waals surface area contributed by atoms with Crippen molar-refractivity contribution in [3.63, 3.8) is 0 Å². The predicted molar refractivity (Wildman–Crippen MR) is 82.4 cm³/mol. The fourth-order valence-corrected chi connectivity index (χ4v) is 3.58. The van der Waals surface area contributed by atoms with E-state index in [1.165, 1.54) is 0 Å². The van der Waals surface area contributed by atoms with Gasteiger partial charge in [-0.2, -0.15) is 4.58 Å². The summed E-state index contributed by atoms with van der Waals surface area (Å²) in [7, 11) is 0. The molecule has 0 aromatic heterocycles. The van der Waals surface area contributed by atoms with Crippen molar-refractivity contribution in [3.05, 3.63) is 35.4 Å². The van der Waals surface area contributed by atoms with Gasteiger partial charge in [-0.25, -0.2) is 0 Å². The second-order valence-electron chi connectivity index (χ2n) is 6.70. The molecule has 2 heteroatoms. The molecule has 1 aliphatic heterocycles. The van der Waals surface area contributed by atoms with E-state index in [9.17, 15) is 0 Å². The van der Waals surface area contributed by atoms with Crippen LogP contribution in [0.2, 0.25) is 0 Å². The normalized spacial score (nSPS) is 32.6. The van der Waals surface area contributed by atoms with Crippen molar-refractivity contribution in [3.8, 4) is 0 Å². The van der Waals surface area contributed by atoms with Gasteiger partial charge in [0.15, 0.2) is 12.1 Å². The van der Waals surface area contributed by atoms with E-state index in [1.807, 2.05) is 31.2 Å². The molecule has 2 atom stereocenters. The van der Waals surface area contributed by atoms with E-state index < -0.39 is 11.9 Å². The molecule has 0 radical (unpaired) electrons. The maximum absolute atomic E-state index is 8.92. The molecule has 1 aromatic carbocycles. The number of fused-ring (bicyclic) bond motifs is 2. The number of hydrogen-bond donors (Lipinski definition) is 0. The molecule has 0 saturated heterocycles. The third-order valence-corrected chi connectivity index (χ3v) is 4.45. The minimum atomic E-state index is -1.45. The second kappa shape index (κ2) is 4.61. The second-order valence-corrected chi connectivity index (χ2v) is 6.70. The minimum absolute atomic E-state index is 0.141. The molecule has 1 aliphatic carbocycles. The van der Waals surface area contributed by atoms with Crippen molar-refractivity contribution < 1.29 is 12.1 Å². The van der Waals surface area contributed by atoms with Crippen LogP contribution in [0.1, 0.15) is 48.5 Å². The van der Waals surface area contributed by atoms with Crippen LogP contribution in [0.25, 0.3) is 0 Å². The van der Waals surface area contributed by atoms with Crippen molar-refractivity contribution in [2.24, 2.45) is 5.92 Å². The topological polar surface area (TPSA) is 12.2 Å². The number of benzene rings is 1. The quantitative estimate of drug-likeness (QED) is 0.753. The van der Waals surface area contributed by atoms with E-state index in [1.54, 1.807) is 0 Å². The van der Waals surface area contributed by atoms with Crippen molar-refractivity contribution >= 4 is 5.90 Å². The maximum Gasteiger partial charge on any atom is 0.340 e. The van der Waals surface area contributed by atoms with Crippen molar-refractivity contribution in [1.82, 2.24) is 0 Å². The fourth-order valence-electron chi connectivity index (χ4n) is 3.58. The van der Waals surface area contributed by atoms with E-state index in [2.05, 4.69) is 32.3 Å². The van der Waals surface area contributed by atoms with Crippen LogP contribution in [0.15, 0.2) is 24.3 Å². The smallest absolute Gasteiger partial charge is 0.340 e. The summed E-state index contributed by atoms with van der Waals surface area (Å²) >= 11 is 0. The molecule has 1 aromatic rings. The Balaban J connectivity index is 2.23. The summed E-state index contributed by atoms with van der Waals surface area (Å²) in [5.74, 6) is 1.18. The van der Waals surface area contributed by atoms with Gasteiger partial charge < -0.3 is 4.74 Å². The standard InChI is InChI=1S/C18H26NO/c1-12(2)17-19(13(3)4)18(5)11-15-9-7-6-8-14(15)10-16(18)20-17/h6-9,12-13,16H,10-11H2,1-5H3/q+1/t16-,18?/m1/s1/i11D2. The van der Waals surface area contributed by atoms with Crippen LogP contribution in [0.4, 0.5) is 0 Å². The third kappa shape index (κ3) is 1.88. The molecular weight excluding hydrogens is 246 g/mol. The molecule has 0 bridgehead atoms. The van der Waals surface area contributed by atoms with Gasteiger partial charge in [-0.05, 0) is 38.8 Å². The van der Waals surface area contributed by atoms with Gasteiger partial charge in [-0.1, -0.05) is 24.3 Å². The van der Waals surface area contributed by atoms with Gasteiger partial charge in [0, 0.05) is 22.5 Å². The van der Waals surface area contributed by atoms with E-state index in [0.717, 1.165) is 23.4 Å². The predicted octanol–water partition coefficient (Wildman–Crippen LogP) is 3.42. The Labute approximate surface area is 125 Å². The Kier molecular flexibility index (Phi) is 2.62. The van der Waals surface area contributed by atoms with Gasteiger partial charge in [0.1, 0.15) is 0 Å². The van der Waals surface area contributed by atoms with Crippen molar-refractivity contribution in [2.45, 2.75) is 65.1 Å². The largest absolute Gasteiger partial charge is 0.437 e. The van der Waals surface area contributed by atoms with Crippen LogP contribution in [0, 0.1) is 5.92 Å². The van der Waals surface area contributed by atoms with E-state index in [0.29, 0.717) is 0 Å². The lowest BCUT2D eigenvalue weighted by molar-refractivity contribution is -0.627. The number of ether oxygens (including phenoxy) is 1. The third-order valence-electron chi connectivity index (χ3n) is 4.45. The first-order valence-corrected chi connectivity index (χ1v) is 7.62. The molecule has 20 heavy (non-hydrogen) atoms. The lowest BCUT2D eigenvalue weighted by Crippen LogP contribution is -2.52. The Hall–Kier alpha value is -1.31. The van der Waals surface area contributed by atoms with E-state index in [4.69, 9.17) is 7.48 Å². The molecular formula is C18H26NO+. The fraction of sp³-hybridized carbons (Fsp3) is 0.611. The molecule has 1 heterocycles. The summed E-state index contributed by atoms with van der Waals surface area (Å²) < 4.78 is 26.3. The highest BCUT2D eigenvalue weighted by Crippen LogP contribution is 2.39. The van der Waals surface area contributed by atoms with Crippen LogP contribution < -0.4 is 0 Å². The van der Waals surface area contributed by atoms with Gasteiger partial charge in [0.05, 0.1) is 5.92 Å². The summed E-state index contributed by atoms with van der Waals surface area (Å²) in [6.45, 7) is 10.5. The summed E-state index contributed by atoms with van der Waals surface area (Å²) in [5.41, 5.74) is 1.21. The first-order chi connectivity index (χ1) is 10.2. The Morgan fingerprint density at radius 3 is 2.50 bits per heavy atom. The minimum Gasteiger partial charge on any atom is -0.437 e. The molecule has 108 valence electrons. The maximum atomic E-state index is 8.92.